The first-order valence-corrected chi connectivity index (χ1v) is 9.59. The number of fused-ring (bicyclic) bond motifs is 1. The van der Waals surface area contributed by atoms with Crippen molar-refractivity contribution in [1.29, 1.82) is 0 Å². The number of amides is 3. The molecular formula is C21H16Cl2N2O3. The fourth-order valence-corrected chi connectivity index (χ4v) is 4.09. The van der Waals surface area contributed by atoms with Crippen LogP contribution < -0.4 is 9.80 Å². The van der Waals surface area contributed by atoms with Gasteiger partial charge in [-0.1, -0.05) is 41.4 Å². The highest BCUT2D eigenvalue weighted by atomic mass is 35.5. The van der Waals surface area contributed by atoms with Crippen LogP contribution in [0.2, 0.25) is 5.02 Å². The standard InChI is InChI=1S/C21H16Cl2N2O3/c1-12(26)25-17-11-14(22)6-9-16(17)19(21(25)28)20(23)13-4-7-15(8-5-13)24-10-2-3-18(24)27/h4-9,11H,2-3,10H2,1H3. The predicted molar refractivity (Wildman–Crippen MR) is 110 cm³/mol. The van der Waals surface area contributed by atoms with Crippen LogP contribution in [0.5, 0.6) is 0 Å². The number of benzene rings is 2. The number of nitrogens with zero attached hydrogens (tertiary/aromatic N) is 2. The molecule has 1 saturated heterocycles. The molecular weight excluding hydrogens is 399 g/mol. The second kappa shape index (κ2) is 7.08. The molecule has 7 heteroatoms. The average Bonchev–Trinajstić information content (AvgIpc) is 3.21. The van der Waals surface area contributed by atoms with E-state index in [9.17, 15) is 14.4 Å². The lowest BCUT2D eigenvalue weighted by Gasteiger charge is -2.16. The topological polar surface area (TPSA) is 57.7 Å². The summed E-state index contributed by atoms with van der Waals surface area (Å²) in [7, 11) is 0. The molecule has 1 fully saturated rings. The van der Waals surface area contributed by atoms with Gasteiger partial charge >= 0.3 is 0 Å². The van der Waals surface area contributed by atoms with Gasteiger partial charge < -0.3 is 4.90 Å². The maximum atomic E-state index is 12.9. The molecule has 142 valence electrons. The molecule has 2 aromatic rings. The second-order valence-corrected chi connectivity index (χ2v) is 7.52. The third-order valence-electron chi connectivity index (χ3n) is 4.93. The summed E-state index contributed by atoms with van der Waals surface area (Å²) in [5.74, 6) is -0.782. The van der Waals surface area contributed by atoms with Crippen LogP contribution in [0, 0.1) is 0 Å². The van der Waals surface area contributed by atoms with E-state index in [0.29, 0.717) is 34.8 Å². The number of imide groups is 1. The second-order valence-electron chi connectivity index (χ2n) is 6.71. The fraction of sp³-hybridized carbons (Fsp3) is 0.190. The van der Waals surface area contributed by atoms with Crippen LogP contribution in [0.4, 0.5) is 11.4 Å². The number of carbonyl (C=O) groups is 3. The van der Waals surface area contributed by atoms with Gasteiger partial charge in [-0.05, 0) is 36.2 Å². The predicted octanol–water partition coefficient (Wildman–Crippen LogP) is 4.47. The van der Waals surface area contributed by atoms with Gasteiger partial charge in [0.2, 0.25) is 11.8 Å². The first-order valence-electron chi connectivity index (χ1n) is 8.84. The molecule has 2 aliphatic heterocycles. The van der Waals surface area contributed by atoms with Gasteiger partial charge in [0.1, 0.15) is 0 Å². The maximum absolute atomic E-state index is 12.9. The summed E-state index contributed by atoms with van der Waals surface area (Å²) in [6, 6.07) is 12.1. The monoisotopic (exact) mass is 414 g/mol. The first kappa shape index (κ1) is 18.7. The van der Waals surface area contributed by atoms with Gasteiger partial charge in [-0.2, -0.15) is 0 Å². The molecule has 3 amide bonds. The van der Waals surface area contributed by atoms with Crippen LogP contribution in [0.1, 0.15) is 30.9 Å². The highest BCUT2D eigenvalue weighted by molar-refractivity contribution is 6.60. The van der Waals surface area contributed by atoms with Gasteiger partial charge in [0.25, 0.3) is 5.91 Å². The summed E-state index contributed by atoms with van der Waals surface area (Å²) < 4.78 is 0. The minimum absolute atomic E-state index is 0.103. The number of anilines is 2. The van der Waals surface area contributed by atoms with Crippen LogP contribution in [0.15, 0.2) is 42.5 Å². The van der Waals surface area contributed by atoms with Crippen molar-refractivity contribution in [3.8, 4) is 0 Å². The van der Waals surface area contributed by atoms with E-state index in [4.69, 9.17) is 23.2 Å². The Balaban J connectivity index is 1.77. The third-order valence-corrected chi connectivity index (χ3v) is 5.57. The maximum Gasteiger partial charge on any atom is 0.267 e. The van der Waals surface area contributed by atoms with Gasteiger partial charge in [-0.25, -0.2) is 4.90 Å². The van der Waals surface area contributed by atoms with Crippen molar-refractivity contribution < 1.29 is 14.4 Å². The molecule has 0 aliphatic carbocycles. The van der Waals surface area contributed by atoms with Crippen molar-refractivity contribution in [2.24, 2.45) is 0 Å². The molecule has 0 aromatic heterocycles. The van der Waals surface area contributed by atoms with Crippen molar-refractivity contribution in [1.82, 2.24) is 0 Å². The third kappa shape index (κ3) is 3.01. The van der Waals surface area contributed by atoms with Gasteiger partial charge in [0.15, 0.2) is 0 Å². The number of hydrogen-bond donors (Lipinski definition) is 0. The Morgan fingerprint density at radius 3 is 2.39 bits per heavy atom. The summed E-state index contributed by atoms with van der Waals surface area (Å²) in [4.78, 5) is 39.7. The molecule has 2 aromatic carbocycles. The van der Waals surface area contributed by atoms with Crippen molar-refractivity contribution >= 4 is 62.9 Å². The molecule has 28 heavy (non-hydrogen) atoms. The van der Waals surface area contributed by atoms with Crippen molar-refractivity contribution in [2.75, 3.05) is 16.3 Å². The van der Waals surface area contributed by atoms with Gasteiger partial charge in [0, 0.05) is 36.2 Å². The molecule has 2 aliphatic rings. The van der Waals surface area contributed by atoms with Crippen LogP contribution in [-0.4, -0.2) is 24.3 Å². The molecule has 2 heterocycles. The molecule has 0 radical (unpaired) electrons. The fourth-order valence-electron chi connectivity index (χ4n) is 3.62. The Kier molecular flexibility index (Phi) is 4.73. The van der Waals surface area contributed by atoms with Crippen LogP contribution >= 0.6 is 23.2 Å². The Morgan fingerprint density at radius 1 is 1.07 bits per heavy atom. The zero-order valence-corrected chi connectivity index (χ0v) is 16.5. The van der Waals surface area contributed by atoms with Crippen molar-refractivity contribution in [3.63, 3.8) is 0 Å². The number of carbonyl (C=O) groups excluding carboxylic acids is 3. The van der Waals surface area contributed by atoms with Crippen LogP contribution in [-0.2, 0) is 14.4 Å². The molecule has 0 unspecified atom stereocenters. The summed E-state index contributed by atoms with van der Waals surface area (Å²) in [5, 5.41) is 0.673. The highest BCUT2D eigenvalue weighted by Gasteiger charge is 2.37. The number of halogens is 2. The molecule has 0 bridgehead atoms. The Hall–Kier alpha value is -2.63. The smallest absolute Gasteiger partial charge is 0.267 e. The van der Waals surface area contributed by atoms with Gasteiger partial charge in [0.05, 0.1) is 16.3 Å². The Bertz CT molecular complexity index is 1040. The summed E-state index contributed by atoms with van der Waals surface area (Å²) in [6.45, 7) is 2.02. The molecule has 5 nitrogen and oxygen atoms in total. The van der Waals surface area contributed by atoms with Crippen molar-refractivity contribution in [2.45, 2.75) is 19.8 Å². The Morgan fingerprint density at radius 2 is 1.79 bits per heavy atom. The summed E-state index contributed by atoms with van der Waals surface area (Å²) in [6.07, 6.45) is 1.40. The van der Waals surface area contributed by atoms with Crippen LogP contribution in [0.3, 0.4) is 0 Å². The van der Waals surface area contributed by atoms with E-state index in [1.54, 1.807) is 35.2 Å². The van der Waals surface area contributed by atoms with E-state index in [-0.39, 0.29) is 16.5 Å². The highest BCUT2D eigenvalue weighted by Crippen LogP contribution is 2.43. The largest absolute Gasteiger partial charge is 0.312 e. The van der Waals surface area contributed by atoms with E-state index in [1.165, 1.54) is 6.92 Å². The van der Waals surface area contributed by atoms with Crippen LogP contribution in [0.25, 0.3) is 10.6 Å². The molecule has 0 atom stereocenters. The molecule has 0 N–H and O–H groups in total. The summed E-state index contributed by atoms with van der Waals surface area (Å²) in [5.41, 5.74) is 2.68. The minimum atomic E-state index is -0.478. The lowest BCUT2D eigenvalue weighted by Crippen LogP contribution is -2.31. The molecule has 0 saturated carbocycles. The molecule has 0 spiro atoms. The zero-order chi connectivity index (χ0) is 20.0. The first-order chi connectivity index (χ1) is 13.4. The summed E-state index contributed by atoms with van der Waals surface area (Å²) >= 11 is 12.6. The molecule has 4 rings (SSSR count). The minimum Gasteiger partial charge on any atom is -0.312 e. The van der Waals surface area contributed by atoms with E-state index >= 15 is 0 Å². The van der Waals surface area contributed by atoms with E-state index in [0.717, 1.165) is 17.0 Å². The van der Waals surface area contributed by atoms with Crippen molar-refractivity contribution in [3.05, 3.63) is 58.6 Å². The quantitative estimate of drug-likeness (QED) is 0.681. The Labute approximate surface area is 172 Å². The zero-order valence-electron chi connectivity index (χ0n) is 15.0. The van der Waals surface area contributed by atoms with Gasteiger partial charge in [-0.3, -0.25) is 14.4 Å². The SMILES string of the molecule is CC(=O)N1C(=O)C(=C(Cl)c2ccc(N3CCCC3=O)cc2)c2ccc(Cl)cc21. The average molecular weight is 415 g/mol. The van der Waals surface area contributed by atoms with E-state index in [1.807, 2.05) is 12.1 Å². The van der Waals surface area contributed by atoms with E-state index in [2.05, 4.69) is 0 Å². The normalized spacial score (nSPS) is 18.0. The lowest BCUT2D eigenvalue weighted by atomic mass is 10.0. The van der Waals surface area contributed by atoms with E-state index < -0.39 is 11.8 Å². The lowest BCUT2D eigenvalue weighted by molar-refractivity contribution is -0.122. The van der Waals surface area contributed by atoms with Gasteiger partial charge in [-0.15, -0.1) is 0 Å². The number of rotatable bonds is 2. The number of hydrogen-bond acceptors (Lipinski definition) is 3.